The van der Waals surface area contributed by atoms with Gasteiger partial charge in [0.05, 0.1) is 5.84 Å². The lowest BCUT2D eigenvalue weighted by Crippen LogP contribution is -2.37. The second-order valence-electron chi connectivity index (χ2n) is 4.52. The first-order valence-electron chi connectivity index (χ1n) is 5.81. The maximum Gasteiger partial charge on any atom is 0.0937 e. The van der Waals surface area contributed by atoms with Gasteiger partial charge in [-0.05, 0) is 53.5 Å². The van der Waals surface area contributed by atoms with Crippen molar-refractivity contribution in [3.63, 3.8) is 0 Å². The molecule has 2 heterocycles. The van der Waals surface area contributed by atoms with E-state index in [2.05, 4.69) is 31.9 Å². The maximum atomic E-state index is 7.45. The minimum Gasteiger partial charge on any atom is -0.387 e. The summed E-state index contributed by atoms with van der Waals surface area (Å²) in [7, 11) is 0. The van der Waals surface area contributed by atoms with Gasteiger partial charge >= 0.3 is 0 Å². The van der Waals surface area contributed by atoms with Crippen molar-refractivity contribution in [2.75, 3.05) is 13.1 Å². The van der Waals surface area contributed by atoms with Crippen LogP contribution in [-0.2, 0) is 6.54 Å². The van der Waals surface area contributed by atoms with E-state index in [4.69, 9.17) is 11.1 Å². The van der Waals surface area contributed by atoms with Crippen LogP contribution in [0.2, 0.25) is 0 Å². The Bertz CT molecular complexity index is 399. The summed E-state index contributed by atoms with van der Waals surface area (Å²) in [5.74, 6) is 0.626. The highest BCUT2D eigenvalue weighted by molar-refractivity contribution is 9.10. The predicted molar refractivity (Wildman–Crippen MR) is 71.9 cm³/mol. The molecule has 0 unspecified atom stereocenters. The van der Waals surface area contributed by atoms with Gasteiger partial charge < -0.3 is 5.73 Å². The third-order valence-corrected chi connectivity index (χ3v) is 3.63. The summed E-state index contributed by atoms with van der Waals surface area (Å²) in [6, 6.07) is 2.10. The molecule has 1 fully saturated rings. The number of aromatic nitrogens is 1. The molecule has 1 aliphatic rings. The molecule has 1 aromatic heterocycles. The zero-order valence-corrected chi connectivity index (χ0v) is 11.3. The van der Waals surface area contributed by atoms with Crippen LogP contribution < -0.4 is 5.73 Å². The highest BCUT2D eigenvalue weighted by atomic mass is 79.9. The van der Waals surface area contributed by atoms with Crippen molar-refractivity contribution < 1.29 is 0 Å². The molecule has 0 amide bonds. The first kappa shape index (κ1) is 12.5. The number of halogens is 1. The molecule has 17 heavy (non-hydrogen) atoms. The van der Waals surface area contributed by atoms with Gasteiger partial charge in [0.25, 0.3) is 0 Å². The number of nitrogens with two attached hydrogens (primary N) is 1. The summed E-state index contributed by atoms with van der Waals surface area (Å²) in [6.07, 6.45) is 5.70. The van der Waals surface area contributed by atoms with Gasteiger partial charge in [-0.25, -0.2) is 0 Å². The number of nitrogens with one attached hydrogen (secondary N) is 1. The van der Waals surface area contributed by atoms with Gasteiger partial charge in [-0.2, -0.15) is 0 Å². The smallest absolute Gasteiger partial charge is 0.0937 e. The number of hydrogen-bond donors (Lipinski definition) is 2. The number of rotatable bonds is 3. The topological polar surface area (TPSA) is 66.0 Å². The van der Waals surface area contributed by atoms with Crippen LogP contribution in [0.1, 0.15) is 18.4 Å². The van der Waals surface area contributed by atoms with Gasteiger partial charge in [0.1, 0.15) is 0 Å². The highest BCUT2D eigenvalue weighted by Gasteiger charge is 2.21. The lowest BCUT2D eigenvalue weighted by molar-refractivity contribution is 0.201. The molecule has 0 aromatic carbocycles. The summed E-state index contributed by atoms with van der Waals surface area (Å²) in [4.78, 5) is 6.56. The fraction of sp³-hybridized carbons (Fsp3) is 0.500. The Morgan fingerprint density at radius 1 is 1.47 bits per heavy atom. The molecule has 3 N–H and O–H groups in total. The third kappa shape index (κ3) is 3.51. The van der Waals surface area contributed by atoms with E-state index < -0.39 is 0 Å². The van der Waals surface area contributed by atoms with E-state index in [1.807, 2.05) is 6.20 Å². The fourth-order valence-electron chi connectivity index (χ4n) is 2.20. The molecule has 1 aliphatic heterocycles. The van der Waals surface area contributed by atoms with Gasteiger partial charge in [0.2, 0.25) is 0 Å². The molecule has 0 aliphatic carbocycles. The summed E-state index contributed by atoms with van der Waals surface area (Å²) >= 11 is 3.43. The van der Waals surface area contributed by atoms with Crippen molar-refractivity contribution in [3.8, 4) is 0 Å². The van der Waals surface area contributed by atoms with Crippen LogP contribution in [-0.4, -0.2) is 28.8 Å². The molecule has 0 atom stereocenters. The van der Waals surface area contributed by atoms with Gasteiger partial charge in [0.15, 0.2) is 0 Å². The Labute approximate surface area is 110 Å². The Morgan fingerprint density at radius 3 is 2.76 bits per heavy atom. The molecule has 2 rings (SSSR count). The third-order valence-electron chi connectivity index (χ3n) is 3.20. The van der Waals surface area contributed by atoms with Crippen LogP contribution in [0, 0.1) is 11.3 Å². The van der Waals surface area contributed by atoms with E-state index in [0.717, 1.165) is 36.9 Å². The number of piperidine rings is 1. The zero-order valence-electron chi connectivity index (χ0n) is 9.69. The maximum absolute atomic E-state index is 7.45. The first-order valence-corrected chi connectivity index (χ1v) is 6.60. The Hall–Kier alpha value is -0.940. The van der Waals surface area contributed by atoms with Crippen LogP contribution in [0.5, 0.6) is 0 Å². The average Bonchev–Trinajstić information content (AvgIpc) is 2.29. The molecular formula is C12H17BrN4. The van der Waals surface area contributed by atoms with E-state index in [1.165, 1.54) is 5.56 Å². The van der Waals surface area contributed by atoms with Crippen LogP contribution in [0.4, 0.5) is 0 Å². The number of likely N-dealkylation sites (tertiary alicyclic amines) is 1. The van der Waals surface area contributed by atoms with Crippen molar-refractivity contribution in [3.05, 3.63) is 28.5 Å². The molecule has 0 bridgehead atoms. The molecule has 0 radical (unpaired) electrons. The van der Waals surface area contributed by atoms with Crippen molar-refractivity contribution in [1.29, 1.82) is 5.41 Å². The predicted octanol–water partition coefficient (Wildman–Crippen LogP) is 1.99. The van der Waals surface area contributed by atoms with Crippen molar-refractivity contribution in [2.24, 2.45) is 11.7 Å². The van der Waals surface area contributed by atoms with Gasteiger partial charge in [-0.3, -0.25) is 15.3 Å². The van der Waals surface area contributed by atoms with Crippen molar-refractivity contribution >= 4 is 21.8 Å². The van der Waals surface area contributed by atoms with E-state index in [-0.39, 0.29) is 5.92 Å². The number of nitrogens with zero attached hydrogens (tertiary/aromatic N) is 2. The largest absolute Gasteiger partial charge is 0.387 e. The summed E-state index contributed by atoms with van der Waals surface area (Å²) in [6.45, 7) is 2.95. The summed E-state index contributed by atoms with van der Waals surface area (Å²) < 4.78 is 1.02. The minimum absolute atomic E-state index is 0.284. The van der Waals surface area contributed by atoms with Crippen LogP contribution in [0.15, 0.2) is 22.9 Å². The van der Waals surface area contributed by atoms with Gasteiger partial charge in [-0.1, -0.05) is 0 Å². The standard InChI is InChI=1S/C12H17BrN4/c13-11-5-9(6-16-7-11)8-17-3-1-10(2-4-17)12(14)15/h5-7,10H,1-4,8H2,(H3,14,15). The normalized spacial score (nSPS) is 18.2. The summed E-state index contributed by atoms with van der Waals surface area (Å²) in [5.41, 5.74) is 6.76. The highest BCUT2D eigenvalue weighted by Crippen LogP contribution is 2.19. The molecule has 1 saturated heterocycles. The van der Waals surface area contributed by atoms with Crippen molar-refractivity contribution in [2.45, 2.75) is 19.4 Å². The molecule has 1 aromatic rings. The van der Waals surface area contributed by atoms with Crippen LogP contribution >= 0.6 is 15.9 Å². The number of pyridine rings is 1. The molecule has 5 heteroatoms. The molecule has 0 spiro atoms. The lowest BCUT2D eigenvalue weighted by atomic mass is 9.95. The summed E-state index contributed by atoms with van der Waals surface area (Å²) in [5, 5.41) is 7.45. The minimum atomic E-state index is 0.284. The van der Waals surface area contributed by atoms with Gasteiger partial charge in [-0.15, -0.1) is 0 Å². The lowest BCUT2D eigenvalue weighted by Gasteiger charge is -2.31. The van der Waals surface area contributed by atoms with Crippen molar-refractivity contribution in [1.82, 2.24) is 9.88 Å². The van der Waals surface area contributed by atoms with Gasteiger partial charge in [0, 0.05) is 29.3 Å². The van der Waals surface area contributed by atoms with E-state index in [0.29, 0.717) is 5.84 Å². The fourth-order valence-corrected chi connectivity index (χ4v) is 2.61. The second kappa shape index (κ2) is 5.60. The molecule has 4 nitrogen and oxygen atoms in total. The zero-order chi connectivity index (χ0) is 12.3. The van der Waals surface area contributed by atoms with E-state index >= 15 is 0 Å². The number of hydrogen-bond acceptors (Lipinski definition) is 3. The van der Waals surface area contributed by atoms with Crippen LogP contribution in [0.25, 0.3) is 0 Å². The molecular weight excluding hydrogens is 280 g/mol. The quantitative estimate of drug-likeness (QED) is 0.662. The Morgan fingerprint density at radius 2 is 2.18 bits per heavy atom. The second-order valence-corrected chi connectivity index (χ2v) is 5.43. The Balaban J connectivity index is 1.88. The average molecular weight is 297 g/mol. The SMILES string of the molecule is N=C(N)C1CCN(Cc2cncc(Br)c2)CC1. The molecule has 0 saturated carbocycles. The molecule has 92 valence electrons. The van der Waals surface area contributed by atoms with Crippen LogP contribution in [0.3, 0.4) is 0 Å². The number of amidine groups is 1. The monoisotopic (exact) mass is 296 g/mol. The first-order chi connectivity index (χ1) is 8.15. The van der Waals surface area contributed by atoms with E-state index in [1.54, 1.807) is 6.20 Å². The Kier molecular flexibility index (Phi) is 4.12. The van der Waals surface area contributed by atoms with E-state index in [9.17, 15) is 0 Å².